The van der Waals surface area contributed by atoms with Gasteiger partial charge in [-0.05, 0) is 61.0 Å². The third-order valence-electron chi connectivity index (χ3n) is 2.63. The van der Waals surface area contributed by atoms with Gasteiger partial charge >= 0.3 is 5.97 Å². The second-order valence-corrected chi connectivity index (χ2v) is 4.12. The lowest BCUT2D eigenvalue weighted by atomic mass is 10.2. The number of hydrogen-bond donors (Lipinski definition) is 1. The van der Waals surface area contributed by atoms with Crippen LogP contribution in [0, 0.1) is 0 Å². The molecule has 0 atom stereocenters. The van der Waals surface area contributed by atoms with E-state index in [0.29, 0.717) is 12.2 Å². The number of hydrogen-bond acceptors (Lipinski definition) is 4. The van der Waals surface area contributed by atoms with Crippen LogP contribution in [0.1, 0.15) is 22.8 Å². The van der Waals surface area contributed by atoms with Crippen LogP contribution in [-0.4, -0.2) is 23.9 Å². The molecule has 4 nitrogen and oxygen atoms in total. The molecule has 20 heavy (non-hydrogen) atoms. The molecule has 0 aliphatic rings. The van der Waals surface area contributed by atoms with Crippen molar-refractivity contribution in [2.45, 2.75) is 6.92 Å². The van der Waals surface area contributed by atoms with Gasteiger partial charge in [0.2, 0.25) is 0 Å². The van der Waals surface area contributed by atoms with E-state index in [1.807, 2.05) is 0 Å². The lowest BCUT2D eigenvalue weighted by Gasteiger charge is -2.01. The first-order valence-corrected chi connectivity index (χ1v) is 6.29. The zero-order valence-electron chi connectivity index (χ0n) is 11.1. The van der Waals surface area contributed by atoms with E-state index in [1.165, 1.54) is 0 Å². The third kappa shape index (κ3) is 3.68. The minimum Gasteiger partial charge on any atom is -0.508 e. The number of phenolic OH excluding ortho intramolecular Hbond substituents is 1. The van der Waals surface area contributed by atoms with E-state index >= 15 is 0 Å². The highest BCUT2D eigenvalue weighted by molar-refractivity contribution is 5.90. The van der Waals surface area contributed by atoms with Crippen molar-refractivity contribution in [3.05, 3.63) is 59.7 Å². The number of phenols is 1. The van der Waals surface area contributed by atoms with Crippen molar-refractivity contribution in [3.8, 4) is 5.75 Å². The molecule has 102 valence electrons. The summed E-state index contributed by atoms with van der Waals surface area (Å²) in [5.74, 6) is -0.109. The first-order chi connectivity index (χ1) is 9.69. The Morgan fingerprint density at radius 2 is 1.80 bits per heavy atom. The Labute approximate surface area is 117 Å². The number of benzene rings is 2. The molecule has 0 saturated heterocycles. The van der Waals surface area contributed by atoms with Crippen LogP contribution in [0.2, 0.25) is 0 Å². The molecule has 0 aliphatic heterocycles. The van der Waals surface area contributed by atoms with Gasteiger partial charge < -0.3 is 9.84 Å². The Kier molecular flexibility index (Phi) is 4.50. The van der Waals surface area contributed by atoms with E-state index in [9.17, 15) is 9.90 Å². The maximum Gasteiger partial charge on any atom is 0.338 e. The Bertz CT molecular complexity index is 601. The Morgan fingerprint density at radius 1 is 1.15 bits per heavy atom. The van der Waals surface area contributed by atoms with Gasteiger partial charge in [-0.1, -0.05) is 0 Å². The quantitative estimate of drug-likeness (QED) is 0.684. The van der Waals surface area contributed by atoms with Gasteiger partial charge in [-0.2, -0.15) is 0 Å². The predicted octanol–water partition coefficient (Wildman–Crippen LogP) is 3.32. The van der Waals surface area contributed by atoms with Gasteiger partial charge in [-0.15, -0.1) is 0 Å². The molecule has 2 aromatic carbocycles. The van der Waals surface area contributed by atoms with E-state index in [0.717, 1.165) is 11.3 Å². The molecular formula is C16H15NO3. The SMILES string of the molecule is CCOC(=O)c1ccc(/N=C/c2ccc(O)cc2)cc1. The number of carbonyl (C=O) groups is 1. The fourth-order valence-corrected chi connectivity index (χ4v) is 1.61. The Morgan fingerprint density at radius 3 is 2.40 bits per heavy atom. The molecule has 0 aromatic heterocycles. The largest absolute Gasteiger partial charge is 0.508 e. The molecule has 0 radical (unpaired) electrons. The van der Waals surface area contributed by atoms with Crippen molar-refractivity contribution in [1.82, 2.24) is 0 Å². The Balaban J connectivity index is 2.07. The number of nitrogens with zero attached hydrogens (tertiary/aromatic N) is 1. The summed E-state index contributed by atoms with van der Waals surface area (Å²) in [7, 11) is 0. The summed E-state index contributed by atoms with van der Waals surface area (Å²) in [6.07, 6.45) is 1.69. The minimum atomic E-state index is -0.332. The van der Waals surface area contributed by atoms with Crippen LogP contribution in [0.4, 0.5) is 5.69 Å². The van der Waals surface area contributed by atoms with Crippen molar-refractivity contribution in [1.29, 1.82) is 0 Å². The lowest BCUT2D eigenvalue weighted by molar-refractivity contribution is 0.0526. The second-order valence-electron chi connectivity index (χ2n) is 4.12. The zero-order chi connectivity index (χ0) is 14.4. The van der Waals surface area contributed by atoms with Crippen molar-refractivity contribution in [2.24, 2.45) is 4.99 Å². The summed E-state index contributed by atoms with van der Waals surface area (Å²) >= 11 is 0. The topological polar surface area (TPSA) is 58.9 Å². The van der Waals surface area contributed by atoms with Crippen LogP contribution in [0.15, 0.2) is 53.5 Å². The van der Waals surface area contributed by atoms with E-state index in [4.69, 9.17) is 4.74 Å². The van der Waals surface area contributed by atoms with Gasteiger partial charge in [0.05, 0.1) is 17.9 Å². The van der Waals surface area contributed by atoms with E-state index < -0.39 is 0 Å². The lowest BCUT2D eigenvalue weighted by Crippen LogP contribution is -2.03. The van der Waals surface area contributed by atoms with Crippen LogP contribution < -0.4 is 0 Å². The number of esters is 1. The summed E-state index contributed by atoms with van der Waals surface area (Å²) in [6.45, 7) is 2.13. The monoisotopic (exact) mass is 269 g/mol. The molecule has 0 bridgehead atoms. The molecule has 0 unspecified atom stereocenters. The summed E-state index contributed by atoms with van der Waals surface area (Å²) in [5, 5.41) is 9.18. The molecule has 0 amide bonds. The van der Waals surface area contributed by atoms with E-state index in [1.54, 1.807) is 61.7 Å². The predicted molar refractivity (Wildman–Crippen MR) is 77.8 cm³/mol. The molecule has 0 aliphatic carbocycles. The number of ether oxygens (including phenoxy) is 1. The van der Waals surface area contributed by atoms with Crippen LogP contribution in [0.3, 0.4) is 0 Å². The highest BCUT2D eigenvalue weighted by Gasteiger charge is 2.04. The second kappa shape index (κ2) is 6.52. The summed E-state index contributed by atoms with van der Waals surface area (Å²) in [5.41, 5.74) is 2.14. The van der Waals surface area contributed by atoms with Crippen molar-refractivity contribution < 1.29 is 14.6 Å². The van der Waals surface area contributed by atoms with Crippen LogP contribution in [-0.2, 0) is 4.74 Å². The first kappa shape index (κ1) is 13.8. The fourth-order valence-electron chi connectivity index (χ4n) is 1.61. The first-order valence-electron chi connectivity index (χ1n) is 6.29. The van der Waals surface area contributed by atoms with Gasteiger partial charge in [-0.25, -0.2) is 4.79 Å². The van der Waals surface area contributed by atoms with Crippen molar-refractivity contribution in [3.63, 3.8) is 0 Å². The minimum absolute atomic E-state index is 0.223. The van der Waals surface area contributed by atoms with Crippen molar-refractivity contribution in [2.75, 3.05) is 6.61 Å². The van der Waals surface area contributed by atoms with E-state index in [2.05, 4.69) is 4.99 Å². The molecule has 0 saturated carbocycles. The number of aliphatic imine (C=N–C) groups is 1. The average Bonchev–Trinajstić information content (AvgIpc) is 2.47. The molecule has 2 rings (SSSR count). The maximum atomic E-state index is 11.5. The van der Waals surface area contributed by atoms with Crippen LogP contribution in [0.5, 0.6) is 5.75 Å². The van der Waals surface area contributed by atoms with Crippen molar-refractivity contribution >= 4 is 17.9 Å². The standard InChI is InChI=1S/C16H15NO3/c1-2-20-16(19)13-5-7-14(8-6-13)17-11-12-3-9-15(18)10-4-12/h3-11,18H,2H2,1H3/b17-11+. The summed E-state index contributed by atoms with van der Waals surface area (Å²) in [6, 6.07) is 13.6. The molecule has 0 heterocycles. The number of aromatic hydroxyl groups is 1. The zero-order valence-corrected chi connectivity index (χ0v) is 11.1. The summed E-state index contributed by atoms with van der Waals surface area (Å²) < 4.78 is 4.91. The average molecular weight is 269 g/mol. The maximum absolute atomic E-state index is 11.5. The molecule has 1 N–H and O–H groups in total. The molecular weight excluding hydrogens is 254 g/mol. The van der Waals surface area contributed by atoms with Gasteiger partial charge in [0.1, 0.15) is 5.75 Å². The number of carbonyl (C=O) groups excluding carboxylic acids is 1. The van der Waals surface area contributed by atoms with E-state index in [-0.39, 0.29) is 11.7 Å². The Hall–Kier alpha value is -2.62. The van der Waals surface area contributed by atoms with Gasteiger partial charge in [-0.3, -0.25) is 4.99 Å². The van der Waals surface area contributed by atoms with Gasteiger partial charge in [0.15, 0.2) is 0 Å². The molecule has 4 heteroatoms. The smallest absolute Gasteiger partial charge is 0.338 e. The summed E-state index contributed by atoms with van der Waals surface area (Å²) in [4.78, 5) is 15.8. The fraction of sp³-hybridized carbons (Fsp3) is 0.125. The molecule has 0 spiro atoms. The highest BCUT2D eigenvalue weighted by atomic mass is 16.5. The highest BCUT2D eigenvalue weighted by Crippen LogP contribution is 2.14. The molecule has 0 fully saturated rings. The third-order valence-corrected chi connectivity index (χ3v) is 2.63. The van der Waals surface area contributed by atoms with Crippen LogP contribution in [0.25, 0.3) is 0 Å². The molecule has 2 aromatic rings. The van der Waals surface area contributed by atoms with Crippen LogP contribution >= 0.6 is 0 Å². The normalized spacial score (nSPS) is 10.7. The van der Waals surface area contributed by atoms with Gasteiger partial charge in [0, 0.05) is 6.21 Å². The van der Waals surface area contributed by atoms with Gasteiger partial charge in [0.25, 0.3) is 0 Å². The number of rotatable bonds is 4.